The summed E-state index contributed by atoms with van der Waals surface area (Å²) in [4.78, 5) is 4.34. The van der Waals surface area contributed by atoms with E-state index in [1.807, 2.05) is 36.7 Å². The van der Waals surface area contributed by atoms with E-state index in [4.69, 9.17) is 5.84 Å². The number of nitrogens with zero attached hydrogens (tertiary/aromatic N) is 1. The van der Waals surface area contributed by atoms with Crippen LogP contribution >= 0.6 is 15.9 Å². The maximum Gasteiger partial charge on any atom is 0.0521 e. The highest BCUT2D eigenvalue weighted by atomic mass is 79.9. The molecule has 2 aromatic carbocycles. The molecule has 0 saturated carbocycles. The van der Waals surface area contributed by atoms with Crippen molar-refractivity contribution in [3.05, 3.63) is 76.5 Å². The van der Waals surface area contributed by atoms with Crippen LogP contribution in [-0.2, 0) is 6.42 Å². The summed E-state index contributed by atoms with van der Waals surface area (Å²) >= 11 is 3.51. The minimum absolute atomic E-state index is 0.0258. The van der Waals surface area contributed by atoms with Crippen molar-refractivity contribution in [1.29, 1.82) is 0 Å². The molecule has 1 unspecified atom stereocenters. The largest absolute Gasteiger partial charge is 0.271 e. The first kappa shape index (κ1) is 14.2. The van der Waals surface area contributed by atoms with Crippen LogP contribution in [-0.4, -0.2) is 4.98 Å². The number of benzene rings is 2. The summed E-state index contributed by atoms with van der Waals surface area (Å²) < 4.78 is 1.08. The molecule has 3 N–H and O–H groups in total. The number of nitrogens with one attached hydrogen (secondary N) is 1. The van der Waals surface area contributed by atoms with Gasteiger partial charge in [0, 0.05) is 22.3 Å². The maximum atomic E-state index is 5.79. The Labute approximate surface area is 132 Å². The highest BCUT2D eigenvalue weighted by Crippen LogP contribution is 2.26. The Hall–Kier alpha value is -1.75. The average Bonchev–Trinajstić information content (AvgIpc) is 2.52. The van der Waals surface area contributed by atoms with Gasteiger partial charge >= 0.3 is 0 Å². The van der Waals surface area contributed by atoms with E-state index in [0.717, 1.165) is 21.8 Å². The van der Waals surface area contributed by atoms with Gasteiger partial charge in [0.2, 0.25) is 0 Å². The molecule has 3 aromatic rings. The number of hydrogen-bond acceptors (Lipinski definition) is 3. The molecule has 0 amide bonds. The van der Waals surface area contributed by atoms with E-state index in [-0.39, 0.29) is 6.04 Å². The molecule has 1 atom stereocenters. The first-order valence-electron chi connectivity index (χ1n) is 6.81. The van der Waals surface area contributed by atoms with Crippen LogP contribution in [0.25, 0.3) is 10.8 Å². The van der Waals surface area contributed by atoms with Crippen molar-refractivity contribution in [3.8, 4) is 0 Å². The number of hydrazine groups is 1. The number of rotatable bonds is 4. The molecule has 0 aliphatic heterocycles. The topological polar surface area (TPSA) is 50.9 Å². The smallest absolute Gasteiger partial charge is 0.0521 e. The molecular weight excluding hydrogens is 326 g/mol. The van der Waals surface area contributed by atoms with Crippen molar-refractivity contribution in [1.82, 2.24) is 10.4 Å². The molecule has 1 aromatic heterocycles. The number of nitrogens with two attached hydrogens (primary N) is 1. The normalized spacial score (nSPS) is 12.5. The Kier molecular flexibility index (Phi) is 4.29. The molecule has 0 bridgehead atoms. The molecule has 21 heavy (non-hydrogen) atoms. The molecule has 3 nitrogen and oxygen atoms in total. The van der Waals surface area contributed by atoms with Crippen LogP contribution in [0.3, 0.4) is 0 Å². The molecule has 0 fully saturated rings. The maximum absolute atomic E-state index is 5.79. The third-order valence-electron chi connectivity index (χ3n) is 3.60. The van der Waals surface area contributed by atoms with Gasteiger partial charge in [0.15, 0.2) is 0 Å². The molecule has 0 aliphatic carbocycles. The number of fused-ring (bicyclic) bond motifs is 1. The molecule has 3 rings (SSSR count). The Bertz CT molecular complexity index is 752. The van der Waals surface area contributed by atoms with Crippen molar-refractivity contribution in [2.45, 2.75) is 12.5 Å². The summed E-state index contributed by atoms with van der Waals surface area (Å²) in [5, 5.41) is 2.31. The van der Waals surface area contributed by atoms with Crippen molar-refractivity contribution < 1.29 is 0 Å². The summed E-state index contributed by atoms with van der Waals surface area (Å²) in [5.41, 5.74) is 5.27. The highest BCUT2D eigenvalue weighted by Gasteiger charge is 2.14. The van der Waals surface area contributed by atoms with E-state index in [9.17, 15) is 0 Å². The molecule has 0 radical (unpaired) electrons. The second-order valence-corrected chi connectivity index (χ2v) is 5.92. The lowest BCUT2D eigenvalue weighted by Crippen LogP contribution is -2.29. The van der Waals surface area contributed by atoms with Crippen molar-refractivity contribution >= 4 is 26.7 Å². The monoisotopic (exact) mass is 341 g/mol. The Balaban J connectivity index is 1.98. The predicted octanol–water partition coefficient (Wildman–Crippen LogP) is 3.74. The van der Waals surface area contributed by atoms with Crippen LogP contribution < -0.4 is 11.3 Å². The lowest BCUT2D eigenvalue weighted by molar-refractivity contribution is 0.554. The van der Waals surface area contributed by atoms with Gasteiger partial charge in [-0.3, -0.25) is 16.3 Å². The second kappa shape index (κ2) is 6.35. The van der Waals surface area contributed by atoms with Crippen LogP contribution in [0.2, 0.25) is 0 Å². The predicted molar refractivity (Wildman–Crippen MR) is 89.7 cm³/mol. The molecule has 0 spiro atoms. The van der Waals surface area contributed by atoms with Crippen LogP contribution in [0.1, 0.15) is 17.2 Å². The van der Waals surface area contributed by atoms with Crippen LogP contribution in [0, 0.1) is 0 Å². The zero-order valence-electron chi connectivity index (χ0n) is 11.5. The lowest BCUT2D eigenvalue weighted by Gasteiger charge is -2.18. The standard InChI is InChI=1S/C17H16BrN3/c18-14-6-3-4-12(8-14)9-17(21-19)16-11-20-10-13-5-1-2-7-15(13)16/h1-8,10-11,17,21H,9,19H2. The van der Waals surface area contributed by atoms with Gasteiger partial charge in [-0.15, -0.1) is 0 Å². The number of pyridine rings is 1. The molecule has 1 heterocycles. The second-order valence-electron chi connectivity index (χ2n) is 5.00. The molecule has 0 saturated heterocycles. The van der Waals surface area contributed by atoms with Crippen molar-refractivity contribution in [3.63, 3.8) is 0 Å². The van der Waals surface area contributed by atoms with Crippen LogP contribution in [0.4, 0.5) is 0 Å². The van der Waals surface area contributed by atoms with E-state index in [0.29, 0.717) is 0 Å². The third kappa shape index (κ3) is 3.13. The van der Waals surface area contributed by atoms with Crippen LogP contribution in [0.15, 0.2) is 65.4 Å². The average molecular weight is 342 g/mol. The zero-order chi connectivity index (χ0) is 14.7. The van der Waals surface area contributed by atoms with Gasteiger partial charge in [0.1, 0.15) is 0 Å². The Morgan fingerprint density at radius 3 is 2.76 bits per heavy atom. The van der Waals surface area contributed by atoms with E-state index in [2.05, 4.69) is 50.6 Å². The number of halogens is 1. The fourth-order valence-electron chi connectivity index (χ4n) is 2.58. The van der Waals surface area contributed by atoms with E-state index < -0.39 is 0 Å². The molecule has 0 aliphatic rings. The summed E-state index contributed by atoms with van der Waals surface area (Å²) in [5.74, 6) is 5.79. The fraction of sp³-hybridized carbons (Fsp3) is 0.118. The van der Waals surface area contributed by atoms with Gasteiger partial charge in [-0.05, 0) is 35.1 Å². The van der Waals surface area contributed by atoms with Gasteiger partial charge in [0.05, 0.1) is 6.04 Å². The quantitative estimate of drug-likeness (QED) is 0.561. The van der Waals surface area contributed by atoms with E-state index in [1.54, 1.807) is 0 Å². The van der Waals surface area contributed by atoms with Gasteiger partial charge in [-0.2, -0.15) is 0 Å². The van der Waals surface area contributed by atoms with Crippen LogP contribution in [0.5, 0.6) is 0 Å². The number of hydrogen-bond donors (Lipinski definition) is 2. The molecule has 4 heteroatoms. The minimum atomic E-state index is 0.0258. The van der Waals surface area contributed by atoms with Crippen molar-refractivity contribution in [2.75, 3.05) is 0 Å². The highest BCUT2D eigenvalue weighted by molar-refractivity contribution is 9.10. The first-order valence-corrected chi connectivity index (χ1v) is 7.60. The molecule has 106 valence electrons. The van der Waals surface area contributed by atoms with E-state index in [1.165, 1.54) is 10.9 Å². The lowest BCUT2D eigenvalue weighted by atomic mass is 9.96. The SMILES string of the molecule is NNC(Cc1cccc(Br)c1)c1cncc2ccccc12. The summed E-state index contributed by atoms with van der Waals surface area (Å²) in [6.45, 7) is 0. The fourth-order valence-corrected chi connectivity index (χ4v) is 3.02. The van der Waals surface area contributed by atoms with Gasteiger partial charge in [-0.1, -0.05) is 52.3 Å². The van der Waals surface area contributed by atoms with Gasteiger partial charge in [-0.25, -0.2) is 0 Å². The zero-order valence-corrected chi connectivity index (χ0v) is 13.0. The van der Waals surface area contributed by atoms with E-state index >= 15 is 0 Å². The summed E-state index contributed by atoms with van der Waals surface area (Å²) in [6.07, 6.45) is 4.59. The first-order chi connectivity index (χ1) is 10.3. The summed E-state index contributed by atoms with van der Waals surface area (Å²) in [7, 11) is 0. The van der Waals surface area contributed by atoms with Gasteiger partial charge in [0.25, 0.3) is 0 Å². The Morgan fingerprint density at radius 2 is 1.95 bits per heavy atom. The van der Waals surface area contributed by atoms with Gasteiger partial charge < -0.3 is 0 Å². The molecular formula is C17H16BrN3. The summed E-state index contributed by atoms with van der Waals surface area (Å²) in [6, 6.07) is 16.5. The number of aromatic nitrogens is 1. The minimum Gasteiger partial charge on any atom is -0.271 e. The third-order valence-corrected chi connectivity index (χ3v) is 4.10. The Morgan fingerprint density at radius 1 is 1.10 bits per heavy atom. The van der Waals surface area contributed by atoms with Crippen molar-refractivity contribution in [2.24, 2.45) is 5.84 Å².